The van der Waals surface area contributed by atoms with E-state index in [-0.39, 0.29) is 0 Å². The first kappa shape index (κ1) is 9.63. The van der Waals surface area contributed by atoms with Crippen LogP contribution >= 0.6 is 0 Å². The van der Waals surface area contributed by atoms with Gasteiger partial charge in [-0.1, -0.05) is 6.92 Å². The van der Waals surface area contributed by atoms with E-state index in [4.69, 9.17) is 0 Å². The topological polar surface area (TPSA) is 29.1 Å². The second-order valence-electron chi connectivity index (χ2n) is 2.90. The zero-order valence-corrected chi connectivity index (χ0v) is 7.11. The SMILES string of the molecule is CNCC[C@@H](C)CC(C)=O. The molecule has 10 heavy (non-hydrogen) atoms. The van der Waals surface area contributed by atoms with E-state index in [1.165, 1.54) is 0 Å². The molecule has 0 amide bonds. The van der Waals surface area contributed by atoms with Crippen molar-refractivity contribution in [3.8, 4) is 0 Å². The van der Waals surface area contributed by atoms with Gasteiger partial charge in [0.2, 0.25) is 0 Å². The molecule has 1 atom stereocenters. The molecule has 0 aliphatic rings. The molecule has 0 unspecified atom stereocenters. The molecule has 0 saturated carbocycles. The summed E-state index contributed by atoms with van der Waals surface area (Å²) in [5.74, 6) is 0.827. The van der Waals surface area contributed by atoms with E-state index in [2.05, 4.69) is 12.2 Å². The van der Waals surface area contributed by atoms with Crippen LogP contribution in [0.15, 0.2) is 0 Å². The molecule has 1 N–H and O–H groups in total. The highest BCUT2D eigenvalue weighted by atomic mass is 16.1. The van der Waals surface area contributed by atoms with Gasteiger partial charge in [0.1, 0.15) is 5.78 Å². The van der Waals surface area contributed by atoms with Crippen molar-refractivity contribution in [2.75, 3.05) is 13.6 Å². The summed E-state index contributed by atoms with van der Waals surface area (Å²) in [6.07, 6.45) is 1.82. The van der Waals surface area contributed by atoms with E-state index in [0.717, 1.165) is 19.4 Å². The van der Waals surface area contributed by atoms with Crippen molar-refractivity contribution >= 4 is 5.78 Å². The van der Waals surface area contributed by atoms with Crippen molar-refractivity contribution < 1.29 is 4.79 Å². The summed E-state index contributed by atoms with van der Waals surface area (Å²) in [4.78, 5) is 10.6. The molecular formula is C8H17NO. The van der Waals surface area contributed by atoms with Gasteiger partial charge < -0.3 is 10.1 Å². The van der Waals surface area contributed by atoms with Crippen molar-refractivity contribution in [2.24, 2.45) is 5.92 Å². The van der Waals surface area contributed by atoms with Crippen LogP contribution in [0.2, 0.25) is 0 Å². The van der Waals surface area contributed by atoms with E-state index in [1.807, 2.05) is 7.05 Å². The van der Waals surface area contributed by atoms with Crippen LogP contribution in [0.3, 0.4) is 0 Å². The van der Waals surface area contributed by atoms with Crippen LogP contribution in [0.4, 0.5) is 0 Å². The predicted molar refractivity (Wildman–Crippen MR) is 43.0 cm³/mol. The van der Waals surface area contributed by atoms with Crippen LogP contribution < -0.4 is 5.32 Å². The lowest BCUT2D eigenvalue weighted by molar-refractivity contribution is -0.117. The van der Waals surface area contributed by atoms with Gasteiger partial charge in [-0.25, -0.2) is 0 Å². The molecule has 0 saturated heterocycles. The fraction of sp³-hybridized carbons (Fsp3) is 0.875. The fourth-order valence-corrected chi connectivity index (χ4v) is 0.984. The maximum atomic E-state index is 10.6. The zero-order valence-electron chi connectivity index (χ0n) is 7.11. The van der Waals surface area contributed by atoms with Crippen LogP contribution in [0.1, 0.15) is 26.7 Å². The molecule has 0 spiro atoms. The largest absolute Gasteiger partial charge is 0.320 e. The average molecular weight is 143 g/mol. The van der Waals surface area contributed by atoms with Gasteiger partial charge in [0.05, 0.1) is 0 Å². The summed E-state index contributed by atoms with van der Waals surface area (Å²) in [7, 11) is 1.93. The van der Waals surface area contributed by atoms with Crippen LogP contribution in [0.25, 0.3) is 0 Å². The molecule has 0 aromatic rings. The van der Waals surface area contributed by atoms with Crippen molar-refractivity contribution in [1.82, 2.24) is 5.32 Å². The quantitative estimate of drug-likeness (QED) is 0.626. The zero-order chi connectivity index (χ0) is 7.98. The number of hydrogen-bond donors (Lipinski definition) is 1. The van der Waals surface area contributed by atoms with E-state index in [0.29, 0.717) is 11.7 Å². The van der Waals surface area contributed by atoms with Gasteiger partial charge in [0.25, 0.3) is 0 Å². The molecule has 0 bridgehead atoms. The first-order chi connectivity index (χ1) is 4.66. The minimum Gasteiger partial charge on any atom is -0.320 e. The van der Waals surface area contributed by atoms with Crippen molar-refractivity contribution in [3.05, 3.63) is 0 Å². The smallest absolute Gasteiger partial charge is 0.130 e. The monoisotopic (exact) mass is 143 g/mol. The van der Waals surface area contributed by atoms with Crippen molar-refractivity contribution in [2.45, 2.75) is 26.7 Å². The van der Waals surface area contributed by atoms with Gasteiger partial charge in [-0.3, -0.25) is 0 Å². The third-order valence-corrected chi connectivity index (χ3v) is 1.52. The van der Waals surface area contributed by atoms with Gasteiger partial charge in [0, 0.05) is 6.42 Å². The van der Waals surface area contributed by atoms with Crippen LogP contribution in [0.5, 0.6) is 0 Å². The van der Waals surface area contributed by atoms with E-state index >= 15 is 0 Å². The molecule has 0 radical (unpaired) electrons. The first-order valence-corrected chi connectivity index (χ1v) is 3.81. The second-order valence-corrected chi connectivity index (χ2v) is 2.90. The highest BCUT2D eigenvalue weighted by Gasteiger charge is 2.03. The number of hydrogen-bond acceptors (Lipinski definition) is 2. The number of carbonyl (C=O) groups is 1. The van der Waals surface area contributed by atoms with Crippen LogP contribution in [-0.4, -0.2) is 19.4 Å². The highest BCUT2D eigenvalue weighted by Crippen LogP contribution is 2.05. The Balaban J connectivity index is 3.25. The Morgan fingerprint density at radius 2 is 2.20 bits per heavy atom. The Kier molecular flexibility index (Phi) is 5.22. The molecule has 0 aliphatic heterocycles. The third kappa shape index (κ3) is 5.76. The standard InChI is InChI=1S/C8H17NO/c1-7(4-5-9-3)6-8(2)10/h7,9H,4-6H2,1-3H3/t7-/m1/s1. The number of rotatable bonds is 5. The molecule has 0 rings (SSSR count). The molecule has 2 nitrogen and oxygen atoms in total. The lowest BCUT2D eigenvalue weighted by atomic mass is 10.0. The Morgan fingerprint density at radius 1 is 1.60 bits per heavy atom. The van der Waals surface area contributed by atoms with Crippen molar-refractivity contribution in [3.63, 3.8) is 0 Å². The molecule has 0 heterocycles. The number of nitrogens with one attached hydrogen (secondary N) is 1. The lowest BCUT2D eigenvalue weighted by Crippen LogP contribution is -2.12. The molecular weight excluding hydrogens is 126 g/mol. The predicted octanol–water partition coefficient (Wildman–Crippen LogP) is 1.21. The Hall–Kier alpha value is -0.370. The Bertz CT molecular complexity index is 101. The molecule has 0 aromatic heterocycles. The maximum absolute atomic E-state index is 10.6. The van der Waals surface area contributed by atoms with Gasteiger partial charge in [-0.2, -0.15) is 0 Å². The fourth-order valence-electron chi connectivity index (χ4n) is 0.984. The molecule has 60 valence electrons. The van der Waals surface area contributed by atoms with Gasteiger partial charge in [0.15, 0.2) is 0 Å². The average Bonchev–Trinajstić information content (AvgIpc) is 1.82. The summed E-state index contributed by atoms with van der Waals surface area (Å²) < 4.78 is 0. The first-order valence-electron chi connectivity index (χ1n) is 3.81. The highest BCUT2D eigenvalue weighted by molar-refractivity contribution is 5.75. The minimum absolute atomic E-state index is 0.295. The normalized spacial score (nSPS) is 13.1. The lowest BCUT2D eigenvalue weighted by Gasteiger charge is -2.07. The van der Waals surface area contributed by atoms with E-state index < -0.39 is 0 Å². The van der Waals surface area contributed by atoms with Crippen LogP contribution in [-0.2, 0) is 4.79 Å². The molecule has 2 heteroatoms. The Labute approximate surface area is 63.0 Å². The van der Waals surface area contributed by atoms with Crippen LogP contribution in [0, 0.1) is 5.92 Å². The van der Waals surface area contributed by atoms with Gasteiger partial charge in [-0.15, -0.1) is 0 Å². The minimum atomic E-state index is 0.295. The number of Topliss-reactive ketones (excluding diaryl/α,β-unsaturated/α-hetero) is 1. The van der Waals surface area contributed by atoms with Gasteiger partial charge in [-0.05, 0) is 32.9 Å². The number of carbonyl (C=O) groups excluding carboxylic acids is 1. The number of ketones is 1. The Morgan fingerprint density at radius 3 is 2.60 bits per heavy atom. The summed E-state index contributed by atoms with van der Waals surface area (Å²) in [6.45, 7) is 4.77. The molecule has 0 aliphatic carbocycles. The van der Waals surface area contributed by atoms with E-state index in [9.17, 15) is 4.79 Å². The summed E-state index contributed by atoms with van der Waals surface area (Å²) in [5.41, 5.74) is 0. The summed E-state index contributed by atoms with van der Waals surface area (Å²) in [6, 6.07) is 0. The summed E-state index contributed by atoms with van der Waals surface area (Å²) in [5, 5.41) is 3.06. The second kappa shape index (κ2) is 5.42. The van der Waals surface area contributed by atoms with Crippen molar-refractivity contribution in [1.29, 1.82) is 0 Å². The third-order valence-electron chi connectivity index (χ3n) is 1.52. The molecule has 0 fully saturated rings. The van der Waals surface area contributed by atoms with Gasteiger partial charge >= 0.3 is 0 Å². The maximum Gasteiger partial charge on any atom is 0.130 e. The molecule has 0 aromatic carbocycles. The van der Waals surface area contributed by atoms with E-state index in [1.54, 1.807) is 6.92 Å². The summed E-state index contributed by atoms with van der Waals surface area (Å²) >= 11 is 0.